The highest BCUT2D eigenvalue weighted by atomic mass is 16.6. The Morgan fingerprint density at radius 3 is 3.03 bits per heavy atom. The van der Waals surface area contributed by atoms with E-state index >= 15 is 0 Å². The normalized spacial score (nSPS) is 18.6. The van der Waals surface area contributed by atoms with E-state index in [1.165, 1.54) is 4.68 Å². The van der Waals surface area contributed by atoms with Crippen LogP contribution in [0.2, 0.25) is 0 Å². The number of allylic oxidation sites excluding steroid dienone is 1. The molecule has 32 heavy (non-hydrogen) atoms. The lowest BCUT2D eigenvalue weighted by molar-refractivity contribution is 0.125. The first-order chi connectivity index (χ1) is 15.7. The molecule has 9 nitrogen and oxygen atoms in total. The van der Waals surface area contributed by atoms with Crippen LogP contribution in [0.3, 0.4) is 0 Å². The van der Waals surface area contributed by atoms with Gasteiger partial charge in [-0.3, -0.25) is 9.36 Å². The third kappa shape index (κ3) is 3.69. The Morgan fingerprint density at radius 1 is 1.31 bits per heavy atom. The van der Waals surface area contributed by atoms with Crippen molar-refractivity contribution in [3.63, 3.8) is 0 Å². The molecular weight excluding hydrogens is 406 g/mol. The van der Waals surface area contributed by atoms with Crippen LogP contribution in [0.15, 0.2) is 46.5 Å². The summed E-state index contributed by atoms with van der Waals surface area (Å²) in [7, 11) is 0. The Hall–Kier alpha value is -3.46. The van der Waals surface area contributed by atoms with Gasteiger partial charge >= 0.3 is 0 Å². The van der Waals surface area contributed by atoms with Gasteiger partial charge in [0.2, 0.25) is 5.95 Å². The van der Waals surface area contributed by atoms with Gasteiger partial charge in [0.1, 0.15) is 23.4 Å². The molecule has 1 fully saturated rings. The summed E-state index contributed by atoms with van der Waals surface area (Å²) in [5, 5.41) is 8.60. The molecule has 0 spiro atoms. The van der Waals surface area contributed by atoms with Crippen molar-refractivity contribution in [3.8, 4) is 0 Å². The second kappa shape index (κ2) is 8.58. The molecule has 0 amide bonds. The van der Waals surface area contributed by atoms with E-state index in [0.29, 0.717) is 23.4 Å². The molecule has 3 aromatic rings. The number of hydrogen-bond acceptors (Lipinski definition) is 7. The molecule has 2 aliphatic heterocycles. The summed E-state index contributed by atoms with van der Waals surface area (Å²) in [6.45, 7) is 4.29. The van der Waals surface area contributed by atoms with Crippen molar-refractivity contribution in [3.05, 3.63) is 58.0 Å². The first-order valence-corrected chi connectivity index (χ1v) is 11.1. The minimum Gasteiger partial charge on any atom is -0.391 e. The van der Waals surface area contributed by atoms with Gasteiger partial charge in [0, 0.05) is 36.5 Å². The minimum atomic E-state index is -0.214. The zero-order chi connectivity index (χ0) is 22.1. The maximum Gasteiger partial charge on any atom is 0.293 e. The Labute approximate surface area is 185 Å². The van der Waals surface area contributed by atoms with Crippen molar-refractivity contribution < 1.29 is 4.84 Å². The Kier molecular flexibility index (Phi) is 5.48. The van der Waals surface area contributed by atoms with Crippen LogP contribution in [0, 0.1) is 0 Å². The van der Waals surface area contributed by atoms with Crippen molar-refractivity contribution in [2.75, 3.05) is 18.0 Å². The van der Waals surface area contributed by atoms with Crippen molar-refractivity contribution in [1.82, 2.24) is 19.3 Å². The molecule has 166 valence electrons. The van der Waals surface area contributed by atoms with Gasteiger partial charge in [0.15, 0.2) is 0 Å². The van der Waals surface area contributed by atoms with Gasteiger partial charge in [-0.15, -0.1) is 0 Å². The summed E-state index contributed by atoms with van der Waals surface area (Å²) in [4.78, 5) is 25.8. The molecule has 4 heterocycles. The summed E-state index contributed by atoms with van der Waals surface area (Å²) < 4.78 is 3.31. The van der Waals surface area contributed by atoms with E-state index in [1.807, 2.05) is 41.1 Å². The fourth-order valence-electron chi connectivity index (χ4n) is 4.33. The molecular formula is C23H27N7O2. The number of nitrogens with two attached hydrogens (primary N) is 1. The monoisotopic (exact) mass is 433 g/mol. The number of rotatable bonds is 5. The van der Waals surface area contributed by atoms with Crippen LogP contribution < -0.4 is 16.2 Å². The average molecular weight is 434 g/mol. The van der Waals surface area contributed by atoms with E-state index in [1.54, 1.807) is 6.20 Å². The molecule has 2 N–H and O–H groups in total. The van der Waals surface area contributed by atoms with E-state index < -0.39 is 0 Å². The Morgan fingerprint density at radius 2 is 2.19 bits per heavy atom. The van der Waals surface area contributed by atoms with Crippen LogP contribution in [-0.4, -0.2) is 44.2 Å². The number of fused-ring (bicyclic) bond motifs is 2. The number of hydrogen-bond donors (Lipinski definition) is 1. The molecule has 5 rings (SSSR count). The summed E-state index contributed by atoms with van der Waals surface area (Å²) in [5.74, 6) is 0.736. The summed E-state index contributed by atoms with van der Waals surface area (Å²) in [6.07, 6.45) is 8.45. The Balaban J connectivity index is 1.58. The fraction of sp³-hybridized carbons (Fsp3) is 0.391. The number of imidazole rings is 1. The standard InChI is InChI=1S/C23H27N7O2/c1-2-3-11-29-21-19(26-23(29)28-10-6-8-17(24)13-28)12-25-30(22(21)31)14-20-18-9-5-4-7-16(18)15-32-27-20/h3-5,7,9,11-12,17H,2,6,8,10,13-15,24H2,1H3/b11-3+. The highest BCUT2D eigenvalue weighted by molar-refractivity contribution is 6.01. The van der Waals surface area contributed by atoms with Crippen molar-refractivity contribution in [1.29, 1.82) is 0 Å². The number of aromatic nitrogens is 4. The molecule has 1 atom stereocenters. The SMILES string of the molecule is CC/C=C/n1c(N2CCCC(N)C2)nc2cnn(CC3=NOCc4ccccc43)c(=O)c21. The average Bonchev–Trinajstić information content (AvgIpc) is 3.19. The van der Waals surface area contributed by atoms with Crippen LogP contribution in [0.1, 0.15) is 37.3 Å². The minimum absolute atomic E-state index is 0.103. The Bertz CT molecular complexity index is 1260. The van der Waals surface area contributed by atoms with Crippen LogP contribution in [0.25, 0.3) is 17.2 Å². The van der Waals surface area contributed by atoms with Gasteiger partial charge in [-0.2, -0.15) is 5.10 Å². The summed E-state index contributed by atoms with van der Waals surface area (Å²) >= 11 is 0. The number of oxime groups is 1. The summed E-state index contributed by atoms with van der Waals surface area (Å²) in [6, 6.07) is 8.02. The quantitative estimate of drug-likeness (QED) is 0.662. The highest BCUT2D eigenvalue weighted by Gasteiger charge is 2.24. The van der Waals surface area contributed by atoms with Gasteiger partial charge in [-0.05, 0) is 19.3 Å². The molecule has 0 bridgehead atoms. The molecule has 0 aliphatic carbocycles. The van der Waals surface area contributed by atoms with Gasteiger partial charge in [-0.1, -0.05) is 42.4 Å². The topological polar surface area (TPSA) is 104 Å². The highest BCUT2D eigenvalue weighted by Crippen LogP contribution is 2.24. The molecule has 1 aromatic carbocycles. The molecule has 2 aromatic heterocycles. The molecule has 0 saturated carbocycles. The largest absolute Gasteiger partial charge is 0.391 e. The zero-order valence-corrected chi connectivity index (χ0v) is 18.1. The molecule has 2 aliphatic rings. The van der Waals surface area contributed by atoms with Crippen LogP contribution in [-0.2, 0) is 18.0 Å². The predicted octanol–water partition coefficient (Wildman–Crippen LogP) is 2.34. The molecule has 0 radical (unpaired) electrons. The molecule has 9 heteroatoms. The lowest BCUT2D eigenvalue weighted by Crippen LogP contribution is -2.43. The third-order valence-corrected chi connectivity index (χ3v) is 5.93. The second-order valence-corrected chi connectivity index (χ2v) is 8.23. The zero-order valence-electron chi connectivity index (χ0n) is 18.1. The maximum absolute atomic E-state index is 13.5. The van der Waals surface area contributed by atoms with E-state index in [4.69, 9.17) is 15.6 Å². The van der Waals surface area contributed by atoms with Gasteiger partial charge in [0.25, 0.3) is 5.56 Å². The third-order valence-electron chi connectivity index (χ3n) is 5.93. The van der Waals surface area contributed by atoms with E-state index in [9.17, 15) is 4.79 Å². The van der Waals surface area contributed by atoms with Crippen LogP contribution in [0.5, 0.6) is 0 Å². The smallest absolute Gasteiger partial charge is 0.293 e. The summed E-state index contributed by atoms with van der Waals surface area (Å²) in [5.41, 5.74) is 9.77. The second-order valence-electron chi connectivity index (χ2n) is 8.23. The van der Waals surface area contributed by atoms with Gasteiger partial charge in [-0.25, -0.2) is 9.67 Å². The van der Waals surface area contributed by atoms with Crippen LogP contribution >= 0.6 is 0 Å². The first-order valence-electron chi connectivity index (χ1n) is 11.1. The van der Waals surface area contributed by atoms with Crippen molar-refractivity contribution in [2.45, 2.75) is 45.4 Å². The van der Waals surface area contributed by atoms with E-state index in [0.717, 1.165) is 49.4 Å². The van der Waals surface area contributed by atoms with E-state index in [-0.39, 0.29) is 18.1 Å². The number of piperidine rings is 1. The van der Waals surface area contributed by atoms with Crippen molar-refractivity contribution >= 4 is 28.9 Å². The molecule has 1 unspecified atom stereocenters. The van der Waals surface area contributed by atoms with Crippen LogP contribution in [0.4, 0.5) is 5.95 Å². The first kappa shape index (κ1) is 20.4. The number of benzene rings is 1. The molecule has 1 saturated heterocycles. The predicted molar refractivity (Wildman–Crippen MR) is 125 cm³/mol. The lowest BCUT2D eigenvalue weighted by atomic mass is 10.0. The van der Waals surface area contributed by atoms with Gasteiger partial charge in [0.05, 0.1) is 12.7 Å². The van der Waals surface area contributed by atoms with Crippen molar-refractivity contribution in [2.24, 2.45) is 10.9 Å². The lowest BCUT2D eigenvalue weighted by Gasteiger charge is -2.31. The van der Waals surface area contributed by atoms with E-state index in [2.05, 4.69) is 22.1 Å². The fourth-order valence-corrected chi connectivity index (χ4v) is 4.33. The maximum atomic E-state index is 13.5. The number of nitrogens with zero attached hydrogens (tertiary/aromatic N) is 6. The van der Waals surface area contributed by atoms with Gasteiger partial charge < -0.3 is 15.5 Å². The number of anilines is 1.